The van der Waals surface area contributed by atoms with Crippen molar-refractivity contribution in [1.82, 2.24) is 24.8 Å². The van der Waals surface area contributed by atoms with Crippen LogP contribution in [0.25, 0.3) is 37.8 Å². The average molecular weight is 422 g/mol. The summed E-state index contributed by atoms with van der Waals surface area (Å²) in [4.78, 5) is 5.39. The molecule has 0 aliphatic rings. The van der Waals surface area contributed by atoms with E-state index in [1.807, 2.05) is 53.9 Å². The van der Waals surface area contributed by atoms with Crippen molar-refractivity contribution in [2.75, 3.05) is 0 Å². The molecule has 126 valence electrons. The molecule has 5 nitrogen and oxygen atoms in total. The lowest BCUT2D eigenvalue weighted by Gasteiger charge is -2.04. The first-order valence-corrected chi connectivity index (χ1v) is 9.65. The van der Waals surface area contributed by atoms with E-state index in [0.717, 1.165) is 48.0 Å². The quantitative estimate of drug-likeness (QED) is 0.395. The fourth-order valence-electron chi connectivity index (χ4n) is 2.99. The summed E-state index contributed by atoms with van der Waals surface area (Å²) in [6, 6.07) is 18.2. The van der Waals surface area contributed by atoms with E-state index in [1.54, 1.807) is 0 Å². The lowest BCUT2D eigenvalue weighted by atomic mass is 10.1. The van der Waals surface area contributed by atoms with Crippen LogP contribution >= 0.6 is 27.3 Å². The highest BCUT2D eigenvalue weighted by Crippen LogP contribution is 2.33. The zero-order valence-corrected chi connectivity index (χ0v) is 16.1. The smallest absolute Gasteiger partial charge is 0.235 e. The van der Waals surface area contributed by atoms with E-state index in [9.17, 15) is 0 Å². The van der Waals surface area contributed by atoms with E-state index in [-0.39, 0.29) is 0 Å². The summed E-state index contributed by atoms with van der Waals surface area (Å²) >= 11 is 4.99. The van der Waals surface area contributed by atoms with Gasteiger partial charge in [-0.2, -0.15) is 9.61 Å². The van der Waals surface area contributed by atoms with Gasteiger partial charge in [0.05, 0.1) is 5.52 Å². The van der Waals surface area contributed by atoms with Crippen molar-refractivity contribution in [3.8, 4) is 22.0 Å². The molecule has 0 spiro atoms. The number of hydrogen-bond donors (Lipinski definition) is 0. The molecule has 3 heterocycles. The molecule has 0 radical (unpaired) electrons. The number of para-hydroxylation sites is 1. The van der Waals surface area contributed by atoms with Crippen LogP contribution in [0.2, 0.25) is 0 Å². The van der Waals surface area contributed by atoms with Gasteiger partial charge in [-0.1, -0.05) is 57.6 Å². The Labute approximate surface area is 161 Å². The molecule has 0 aliphatic carbocycles. The third kappa shape index (κ3) is 2.51. The molecule has 5 aromatic rings. The number of nitrogens with zero attached hydrogens (tertiary/aromatic N) is 5. The third-order valence-corrected chi connectivity index (χ3v) is 5.63. The lowest BCUT2D eigenvalue weighted by Crippen LogP contribution is -1.92. The van der Waals surface area contributed by atoms with Crippen LogP contribution in [0.4, 0.5) is 0 Å². The molecule has 0 amide bonds. The predicted octanol–water partition coefficient (Wildman–Crippen LogP) is 5.14. The van der Waals surface area contributed by atoms with Crippen molar-refractivity contribution >= 4 is 43.1 Å². The Hall–Kier alpha value is -2.64. The standard InChI is InChI=1S/C19H12BrN5S/c1-11-10-15(14-4-2-3-5-16(14)21-11)18-24-25-17(22-23-19(25)26-18)12-6-8-13(20)9-7-12/h2-10H,1H3. The maximum Gasteiger partial charge on any atom is 0.235 e. The topological polar surface area (TPSA) is 56.0 Å². The van der Waals surface area contributed by atoms with Crippen LogP contribution in [0.1, 0.15) is 5.69 Å². The Balaban J connectivity index is 1.71. The highest BCUT2D eigenvalue weighted by molar-refractivity contribution is 9.10. The summed E-state index contributed by atoms with van der Waals surface area (Å²) in [5, 5.41) is 15.4. The van der Waals surface area contributed by atoms with E-state index < -0.39 is 0 Å². The molecule has 0 aliphatic heterocycles. The van der Waals surface area contributed by atoms with E-state index in [4.69, 9.17) is 5.10 Å². The summed E-state index contributed by atoms with van der Waals surface area (Å²) in [5.41, 5.74) is 4.00. The van der Waals surface area contributed by atoms with Gasteiger partial charge >= 0.3 is 0 Å². The minimum Gasteiger partial charge on any atom is -0.253 e. The summed E-state index contributed by atoms with van der Waals surface area (Å²) in [5.74, 6) is 0.741. The van der Waals surface area contributed by atoms with Gasteiger partial charge in [0, 0.05) is 26.7 Å². The SMILES string of the molecule is Cc1cc(-c2nn3c(-c4ccc(Br)cc4)nnc3s2)c2ccccc2n1. The molecule has 0 atom stereocenters. The van der Waals surface area contributed by atoms with Gasteiger partial charge in [-0.25, -0.2) is 0 Å². The summed E-state index contributed by atoms with van der Waals surface area (Å²) in [7, 11) is 0. The molecule has 5 rings (SSSR count). The molecule has 0 unspecified atom stereocenters. The van der Waals surface area contributed by atoms with Crippen LogP contribution < -0.4 is 0 Å². The van der Waals surface area contributed by atoms with Gasteiger partial charge in [0.25, 0.3) is 0 Å². The molecule has 0 saturated heterocycles. The number of rotatable bonds is 2. The molecule has 26 heavy (non-hydrogen) atoms. The first-order valence-electron chi connectivity index (χ1n) is 8.04. The van der Waals surface area contributed by atoms with Crippen molar-refractivity contribution < 1.29 is 0 Å². The average Bonchev–Trinajstić information content (AvgIpc) is 3.22. The number of benzene rings is 2. The zero-order chi connectivity index (χ0) is 17.7. The fraction of sp³-hybridized carbons (Fsp3) is 0.0526. The Morgan fingerprint density at radius 2 is 1.81 bits per heavy atom. The van der Waals surface area contributed by atoms with Crippen molar-refractivity contribution in [3.63, 3.8) is 0 Å². The van der Waals surface area contributed by atoms with Gasteiger partial charge in [-0.15, -0.1) is 10.2 Å². The van der Waals surface area contributed by atoms with Crippen LogP contribution in [0.3, 0.4) is 0 Å². The van der Waals surface area contributed by atoms with E-state index in [1.165, 1.54) is 11.3 Å². The second-order valence-corrected chi connectivity index (χ2v) is 7.83. The van der Waals surface area contributed by atoms with Gasteiger partial charge in [-0.05, 0) is 31.2 Å². The summed E-state index contributed by atoms with van der Waals surface area (Å²) < 4.78 is 2.84. The maximum absolute atomic E-state index is 4.80. The van der Waals surface area contributed by atoms with Gasteiger partial charge in [0.1, 0.15) is 5.01 Å². The van der Waals surface area contributed by atoms with Crippen molar-refractivity contribution in [3.05, 3.63) is 64.8 Å². The second kappa shape index (κ2) is 5.96. The van der Waals surface area contributed by atoms with Crippen molar-refractivity contribution in [1.29, 1.82) is 0 Å². The summed E-state index contributed by atoms with van der Waals surface area (Å²) in [6.45, 7) is 2.00. The number of fused-ring (bicyclic) bond motifs is 2. The Bertz CT molecular complexity index is 1260. The Morgan fingerprint density at radius 1 is 1.00 bits per heavy atom. The Morgan fingerprint density at radius 3 is 2.65 bits per heavy atom. The lowest BCUT2D eigenvalue weighted by molar-refractivity contribution is 0.971. The normalized spacial score (nSPS) is 11.5. The molecule has 0 fully saturated rings. The largest absolute Gasteiger partial charge is 0.253 e. The molecule has 0 bridgehead atoms. The number of halogens is 1. The fourth-order valence-corrected chi connectivity index (χ4v) is 4.12. The molecule has 2 aromatic carbocycles. The molecule has 7 heteroatoms. The van der Waals surface area contributed by atoms with Crippen molar-refractivity contribution in [2.24, 2.45) is 0 Å². The Kier molecular flexibility index (Phi) is 3.58. The highest BCUT2D eigenvalue weighted by Gasteiger charge is 2.16. The summed E-state index contributed by atoms with van der Waals surface area (Å²) in [6.07, 6.45) is 0. The number of hydrogen-bond acceptors (Lipinski definition) is 5. The predicted molar refractivity (Wildman–Crippen MR) is 107 cm³/mol. The first kappa shape index (κ1) is 15.6. The minimum absolute atomic E-state index is 0.741. The third-order valence-electron chi connectivity index (χ3n) is 4.17. The number of pyridine rings is 1. The first-order chi connectivity index (χ1) is 12.7. The van der Waals surface area contributed by atoms with E-state index >= 15 is 0 Å². The zero-order valence-electron chi connectivity index (χ0n) is 13.7. The van der Waals surface area contributed by atoms with Gasteiger partial charge in [0.2, 0.25) is 4.96 Å². The van der Waals surface area contributed by atoms with Crippen LogP contribution in [0, 0.1) is 6.92 Å². The van der Waals surface area contributed by atoms with Gasteiger partial charge in [-0.3, -0.25) is 4.98 Å². The van der Waals surface area contributed by atoms with Crippen molar-refractivity contribution in [2.45, 2.75) is 6.92 Å². The van der Waals surface area contributed by atoms with Gasteiger partial charge < -0.3 is 0 Å². The molecule has 0 N–H and O–H groups in total. The molecular formula is C19H12BrN5S. The van der Waals surface area contributed by atoms with E-state index in [2.05, 4.69) is 43.2 Å². The van der Waals surface area contributed by atoms with E-state index in [0.29, 0.717) is 0 Å². The number of aryl methyl sites for hydroxylation is 1. The van der Waals surface area contributed by atoms with Gasteiger partial charge in [0.15, 0.2) is 5.82 Å². The molecular weight excluding hydrogens is 410 g/mol. The monoisotopic (exact) mass is 421 g/mol. The number of aromatic nitrogens is 5. The molecule has 3 aromatic heterocycles. The van der Waals surface area contributed by atoms with Crippen LogP contribution in [-0.2, 0) is 0 Å². The van der Waals surface area contributed by atoms with Crippen LogP contribution in [-0.4, -0.2) is 24.8 Å². The highest BCUT2D eigenvalue weighted by atomic mass is 79.9. The molecule has 0 saturated carbocycles. The second-order valence-electron chi connectivity index (χ2n) is 5.96. The minimum atomic E-state index is 0.741. The maximum atomic E-state index is 4.80. The van der Waals surface area contributed by atoms with Crippen LogP contribution in [0.5, 0.6) is 0 Å². The van der Waals surface area contributed by atoms with Crippen LogP contribution in [0.15, 0.2) is 59.1 Å².